The SMILES string of the molecule is COc1ccc(N2CC(C(=O)NCCCc3nc4c(s3)CCCC4)CC2=O)cc1OC. The number of nitrogens with zero attached hydrogens (tertiary/aromatic N) is 2. The van der Waals surface area contributed by atoms with Crippen LogP contribution in [0.5, 0.6) is 11.5 Å². The normalized spacial score (nSPS) is 18.1. The van der Waals surface area contributed by atoms with E-state index in [0.717, 1.165) is 25.7 Å². The van der Waals surface area contributed by atoms with Crippen molar-refractivity contribution in [3.8, 4) is 11.5 Å². The maximum atomic E-state index is 12.6. The van der Waals surface area contributed by atoms with Gasteiger partial charge in [0.2, 0.25) is 11.8 Å². The van der Waals surface area contributed by atoms with Gasteiger partial charge in [0.15, 0.2) is 11.5 Å². The summed E-state index contributed by atoms with van der Waals surface area (Å²) in [5.41, 5.74) is 2.00. The maximum absolute atomic E-state index is 12.6. The van der Waals surface area contributed by atoms with Gasteiger partial charge in [-0.05, 0) is 44.2 Å². The lowest BCUT2D eigenvalue weighted by Crippen LogP contribution is -2.33. The average molecular weight is 444 g/mol. The van der Waals surface area contributed by atoms with Crippen molar-refractivity contribution in [2.45, 2.75) is 44.9 Å². The molecule has 1 aliphatic carbocycles. The lowest BCUT2D eigenvalue weighted by molar-refractivity contribution is -0.126. The van der Waals surface area contributed by atoms with Crippen molar-refractivity contribution in [1.29, 1.82) is 0 Å². The number of nitrogens with one attached hydrogen (secondary N) is 1. The predicted octanol–water partition coefficient (Wildman–Crippen LogP) is 3.14. The van der Waals surface area contributed by atoms with Gasteiger partial charge >= 0.3 is 0 Å². The Morgan fingerprint density at radius 3 is 2.81 bits per heavy atom. The number of ether oxygens (including phenoxy) is 2. The molecule has 2 aliphatic rings. The zero-order valence-corrected chi connectivity index (χ0v) is 18.9. The molecule has 0 spiro atoms. The zero-order chi connectivity index (χ0) is 21.8. The van der Waals surface area contributed by atoms with Gasteiger partial charge in [-0.2, -0.15) is 0 Å². The molecule has 31 heavy (non-hydrogen) atoms. The summed E-state index contributed by atoms with van der Waals surface area (Å²) in [4.78, 5) is 33.0. The lowest BCUT2D eigenvalue weighted by atomic mass is 10.0. The van der Waals surface area contributed by atoms with E-state index in [2.05, 4.69) is 5.32 Å². The second-order valence-corrected chi connectivity index (χ2v) is 9.19. The number of aromatic nitrogens is 1. The van der Waals surface area contributed by atoms with E-state index in [1.165, 1.54) is 28.4 Å². The number of carbonyl (C=O) groups excluding carboxylic acids is 2. The molecular formula is C23H29N3O4S. The minimum absolute atomic E-state index is 0.0549. The number of hydrogen-bond acceptors (Lipinski definition) is 6. The molecule has 0 radical (unpaired) electrons. The number of aryl methyl sites for hydroxylation is 3. The van der Waals surface area contributed by atoms with Gasteiger partial charge in [-0.25, -0.2) is 4.98 Å². The molecule has 1 aromatic carbocycles. The number of hydrogen-bond donors (Lipinski definition) is 1. The number of fused-ring (bicyclic) bond motifs is 1. The van der Waals surface area contributed by atoms with Gasteiger partial charge in [-0.1, -0.05) is 0 Å². The minimum atomic E-state index is -0.340. The lowest BCUT2D eigenvalue weighted by Gasteiger charge is -2.18. The first-order valence-electron chi connectivity index (χ1n) is 10.9. The Morgan fingerprint density at radius 1 is 1.23 bits per heavy atom. The standard InChI is InChI=1S/C23H29N3O4S/c1-29-18-10-9-16(13-19(18)30-2)26-14-15(12-22(26)27)23(28)24-11-5-8-21-25-17-6-3-4-7-20(17)31-21/h9-10,13,15H,3-8,11-12,14H2,1-2H3,(H,24,28). The summed E-state index contributed by atoms with van der Waals surface area (Å²) in [5, 5.41) is 4.18. The van der Waals surface area contributed by atoms with Crippen LogP contribution in [0.15, 0.2) is 18.2 Å². The van der Waals surface area contributed by atoms with Crippen molar-refractivity contribution < 1.29 is 19.1 Å². The van der Waals surface area contributed by atoms with Crippen LogP contribution in [0.4, 0.5) is 5.69 Å². The van der Waals surface area contributed by atoms with E-state index in [9.17, 15) is 9.59 Å². The van der Waals surface area contributed by atoms with E-state index in [0.29, 0.717) is 30.3 Å². The quantitative estimate of drug-likeness (QED) is 0.634. The molecule has 1 N–H and O–H groups in total. The average Bonchev–Trinajstić information content (AvgIpc) is 3.39. The van der Waals surface area contributed by atoms with Gasteiger partial charge in [-0.15, -0.1) is 11.3 Å². The molecule has 166 valence electrons. The van der Waals surface area contributed by atoms with Crippen LogP contribution >= 0.6 is 11.3 Å². The first kappa shape index (κ1) is 21.6. The van der Waals surface area contributed by atoms with Crippen LogP contribution in [0.1, 0.15) is 41.3 Å². The molecule has 7 nitrogen and oxygen atoms in total. The molecule has 0 saturated carbocycles. The molecule has 0 bridgehead atoms. The van der Waals surface area contributed by atoms with E-state index in [1.54, 1.807) is 31.3 Å². The van der Waals surface area contributed by atoms with Crippen LogP contribution in [-0.4, -0.2) is 44.1 Å². The third kappa shape index (κ3) is 4.84. The largest absolute Gasteiger partial charge is 0.493 e. The van der Waals surface area contributed by atoms with E-state index in [4.69, 9.17) is 14.5 Å². The highest BCUT2D eigenvalue weighted by atomic mass is 32.1. The molecule has 1 aromatic heterocycles. The van der Waals surface area contributed by atoms with Crippen LogP contribution in [0.25, 0.3) is 0 Å². The fourth-order valence-corrected chi connectivity index (χ4v) is 5.43. The van der Waals surface area contributed by atoms with Crippen LogP contribution in [0, 0.1) is 5.92 Å². The summed E-state index contributed by atoms with van der Waals surface area (Å²) in [7, 11) is 3.13. The highest BCUT2D eigenvalue weighted by molar-refractivity contribution is 7.11. The monoisotopic (exact) mass is 443 g/mol. The molecule has 2 amide bonds. The molecule has 8 heteroatoms. The first-order valence-corrected chi connectivity index (χ1v) is 11.7. The molecular weight excluding hydrogens is 414 g/mol. The summed E-state index contributed by atoms with van der Waals surface area (Å²) in [6.07, 6.45) is 6.75. The van der Waals surface area contributed by atoms with Crippen LogP contribution < -0.4 is 19.7 Å². The number of benzene rings is 1. The number of carbonyl (C=O) groups is 2. The van der Waals surface area contributed by atoms with E-state index in [1.807, 2.05) is 17.4 Å². The van der Waals surface area contributed by atoms with Crippen LogP contribution in [0.2, 0.25) is 0 Å². The second-order valence-electron chi connectivity index (χ2n) is 8.02. The third-order valence-corrected chi connectivity index (χ3v) is 7.15. The number of rotatable bonds is 8. The number of anilines is 1. The summed E-state index contributed by atoms with van der Waals surface area (Å²) in [6.45, 7) is 0.976. The molecule has 1 atom stereocenters. The van der Waals surface area contributed by atoms with Crippen molar-refractivity contribution in [3.63, 3.8) is 0 Å². The van der Waals surface area contributed by atoms with Gasteiger partial charge in [0.1, 0.15) is 0 Å². The zero-order valence-electron chi connectivity index (χ0n) is 18.1. The predicted molar refractivity (Wildman–Crippen MR) is 120 cm³/mol. The number of methoxy groups -OCH3 is 2. The van der Waals surface area contributed by atoms with Gasteiger partial charge in [0.25, 0.3) is 0 Å². The Hall–Kier alpha value is -2.61. The Bertz CT molecular complexity index is 935. The summed E-state index contributed by atoms with van der Waals surface area (Å²) in [5.74, 6) is 0.709. The minimum Gasteiger partial charge on any atom is -0.493 e. The summed E-state index contributed by atoms with van der Waals surface area (Å²) < 4.78 is 10.6. The fourth-order valence-electron chi connectivity index (χ4n) is 4.23. The smallest absolute Gasteiger partial charge is 0.227 e. The number of thiazole rings is 1. The Kier molecular flexibility index (Phi) is 6.75. The van der Waals surface area contributed by atoms with Crippen LogP contribution in [0.3, 0.4) is 0 Å². The highest BCUT2D eigenvalue weighted by Crippen LogP contribution is 2.34. The highest BCUT2D eigenvalue weighted by Gasteiger charge is 2.35. The molecule has 1 saturated heterocycles. The van der Waals surface area contributed by atoms with Crippen molar-refractivity contribution >= 4 is 28.8 Å². The van der Waals surface area contributed by atoms with Crippen molar-refractivity contribution in [3.05, 3.63) is 33.8 Å². The fraction of sp³-hybridized carbons (Fsp3) is 0.522. The maximum Gasteiger partial charge on any atom is 0.227 e. The first-order chi connectivity index (χ1) is 15.1. The molecule has 1 unspecified atom stereocenters. The Labute approximate surface area is 186 Å². The molecule has 2 aromatic rings. The summed E-state index contributed by atoms with van der Waals surface area (Å²) in [6, 6.07) is 5.35. The van der Waals surface area contributed by atoms with Crippen LogP contribution in [-0.2, 0) is 28.9 Å². The Morgan fingerprint density at radius 2 is 2.03 bits per heavy atom. The van der Waals surface area contributed by atoms with Gasteiger partial charge in [0, 0.05) is 42.6 Å². The van der Waals surface area contributed by atoms with Crippen molar-refractivity contribution in [2.24, 2.45) is 5.92 Å². The number of amides is 2. The van der Waals surface area contributed by atoms with Gasteiger partial charge < -0.3 is 19.7 Å². The van der Waals surface area contributed by atoms with Gasteiger partial charge in [-0.3, -0.25) is 9.59 Å². The van der Waals surface area contributed by atoms with E-state index < -0.39 is 0 Å². The Balaban J connectivity index is 1.27. The molecule has 1 aliphatic heterocycles. The second kappa shape index (κ2) is 9.68. The molecule has 4 rings (SSSR count). The molecule has 1 fully saturated rings. The topological polar surface area (TPSA) is 80.8 Å². The van der Waals surface area contributed by atoms with Gasteiger partial charge in [0.05, 0.1) is 30.8 Å². The van der Waals surface area contributed by atoms with Crippen molar-refractivity contribution in [2.75, 3.05) is 32.2 Å². The molecule has 2 heterocycles. The van der Waals surface area contributed by atoms with Crippen molar-refractivity contribution in [1.82, 2.24) is 10.3 Å². The third-order valence-electron chi connectivity index (χ3n) is 5.93. The van der Waals surface area contributed by atoms with E-state index >= 15 is 0 Å². The summed E-state index contributed by atoms with van der Waals surface area (Å²) >= 11 is 1.83. The van der Waals surface area contributed by atoms with E-state index in [-0.39, 0.29) is 24.2 Å².